The molecule has 1 aromatic rings. The fraction of sp³-hybridized carbons (Fsp3) is 0.588. The maximum absolute atomic E-state index is 11.7. The number of carbonyl (C=O) groups is 1. The van der Waals surface area contributed by atoms with E-state index in [4.69, 9.17) is 0 Å². The first-order chi connectivity index (χ1) is 10.4. The number of benzene rings is 1. The molecule has 2 fully saturated rings. The average molecular weight is 305 g/mol. The predicted molar refractivity (Wildman–Crippen MR) is 81.3 cm³/mol. The van der Waals surface area contributed by atoms with Gasteiger partial charge in [0.05, 0.1) is 0 Å². The van der Waals surface area contributed by atoms with Crippen LogP contribution in [0.25, 0.3) is 0 Å². The Hall–Kier alpha value is -1.43. The number of aliphatic carboxylic acids is 1. The molecule has 2 saturated heterocycles. The van der Waals surface area contributed by atoms with Gasteiger partial charge in [-0.05, 0) is 44.2 Å². The third kappa shape index (κ3) is 2.33. The van der Waals surface area contributed by atoms with E-state index < -0.39 is 17.7 Å². The Morgan fingerprint density at radius 3 is 2.27 bits per heavy atom. The van der Waals surface area contributed by atoms with E-state index in [1.165, 1.54) is 0 Å². The average Bonchev–Trinajstić information content (AvgIpc) is 2.75. The maximum Gasteiger partial charge on any atom is 0.343 e. The van der Waals surface area contributed by atoms with Crippen LogP contribution in [0.1, 0.15) is 31.2 Å². The van der Waals surface area contributed by atoms with Crippen molar-refractivity contribution in [2.75, 3.05) is 7.05 Å². The van der Waals surface area contributed by atoms with Crippen LogP contribution < -0.4 is 0 Å². The molecule has 0 aliphatic carbocycles. The van der Waals surface area contributed by atoms with Gasteiger partial charge in [-0.25, -0.2) is 4.79 Å². The molecular weight excluding hydrogens is 282 g/mol. The van der Waals surface area contributed by atoms with Crippen LogP contribution >= 0.6 is 0 Å². The van der Waals surface area contributed by atoms with Crippen molar-refractivity contribution in [2.24, 2.45) is 5.92 Å². The van der Waals surface area contributed by atoms with Crippen molar-refractivity contribution < 1.29 is 20.1 Å². The molecule has 5 atom stereocenters. The lowest BCUT2D eigenvalue weighted by Crippen LogP contribution is -2.53. The summed E-state index contributed by atoms with van der Waals surface area (Å²) in [5, 5.41) is 31.1. The van der Waals surface area contributed by atoms with E-state index in [1.54, 1.807) is 30.3 Å². The molecule has 22 heavy (non-hydrogen) atoms. The van der Waals surface area contributed by atoms with Crippen molar-refractivity contribution in [2.45, 2.75) is 49.5 Å². The second kappa shape index (κ2) is 5.65. The lowest BCUT2D eigenvalue weighted by Gasteiger charge is -2.42. The summed E-state index contributed by atoms with van der Waals surface area (Å²) in [7, 11) is 2.09. The SMILES string of the molecule is CN1[C@@H]2CC[C@H]1CC(C(O)C(O)(C(=O)O)c1ccccc1)C2. The van der Waals surface area contributed by atoms with Gasteiger partial charge in [-0.1, -0.05) is 30.3 Å². The second-order valence-corrected chi connectivity index (χ2v) is 6.66. The first-order valence-corrected chi connectivity index (χ1v) is 7.86. The Labute approximate surface area is 130 Å². The fourth-order valence-corrected chi connectivity index (χ4v) is 4.17. The number of aliphatic hydroxyl groups is 2. The van der Waals surface area contributed by atoms with Crippen LogP contribution in [0.2, 0.25) is 0 Å². The van der Waals surface area contributed by atoms with Gasteiger partial charge in [-0.15, -0.1) is 0 Å². The molecule has 3 unspecified atom stereocenters. The van der Waals surface area contributed by atoms with Gasteiger partial charge in [0.25, 0.3) is 0 Å². The van der Waals surface area contributed by atoms with Gasteiger partial charge in [0.2, 0.25) is 5.60 Å². The van der Waals surface area contributed by atoms with E-state index in [1.807, 2.05) is 0 Å². The molecule has 1 aromatic carbocycles. The number of piperidine rings is 1. The highest BCUT2D eigenvalue weighted by atomic mass is 16.4. The van der Waals surface area contributed by atoms with Crippen LogP contribution in [0, 0.1) is 5.92 Å². The summed E-state index contributed by atoms with van der Waals surface area (Å²) in [6, 6.07) is 8.98. The maximum atomic E-state index is 11.7. The number of carboxylic acids is 1. The van der Waals surface area contributed by atoms with Crippen LogP contribution in [0.3, 0.4) is 0 Å². The number of hydrogen-bond donors (Lipinski definition) is 3. The summed E-state index contributed by atoms with van der Waals surface area (Å²) in [5.74, 6) is -1.59. The van der Waals surface area contributed by atoms with Crippen molar-refractivity contribution in [1.29, 1.82) is 0 Å². The van der Waals surface area contributed by atoms with Crippen LogP contribution in [0.5, 0.6) is 0 Å². The molecule has 2 aliphatic heterocycles. The highest BCUT2D eigenvalue weighted by Gasteiger charge is 2.51. The molecule has 5 heteroatoms. The minimum absolute atomic E-state index is 0.199. The molecule has 0 aromatic heterocycles. The Balaban J connectivity index is 1.88. The quantitative estimate of drug-likeness (QED) is 0.778. The molecule has 0 radical (unpaired) electrons. The summed E-state index contributed by atoms with van der Waals surface area (Å²) in [6.07, 6.45) is 2.33. The smallest absolute Gasteiger partial charge is 0.343 e. The van der Waals surface area contributed by atoms with Crippen LogP contribution in [0.15, 0.2) is 30.3 Å². The van der Waals surface area contributed by atoms with Crippen molar-refractivity contribution in [3.8, 4) is 0 Å². The second-order valence-electron chi connectivity index (χ2n) is 6.66. The summed E-state index contributed by atoms with van der Waals surface area (Å²) < 4.78 is 0. The topological polar surface area (TPSA) is 81.0 Å². The highest BCUT2D eigenvalue weighted by molar-refractivity contribution is 5.80. The largest absolute Gasteiger partial charge is 0.479 e. The van der Waals surface area contributed by atoms with Gasteiger partial charge in [0.15, 0.2) is 0 Å². The number of aliphatic hydroxyl groups excluding tert-OH is 1. The van der Waals surface area contributed by atoms with Gasteiger partial charge in [0.1, 0.15) is 6.10 Å². The Bertz CT molecular complexity index is 535. The van der Waals surface area contributed by atoms with Gasteiger partial charge in [-0.3, -0.25) is 0 Å². The third-order valence-corrected chi connectivity index (χ3v) is 5.55. The van der Waals surface area contributed by atoms with E-state index in [0.29, 0.717) is 12.1 Å². The fourth-order valence-electron chi connectivity index (χ4n) is 4.17. The highest BCUT2D eigenvalue weighted by Crippen LogP contribution is 2.42. The normalized spacial score (nSPS) is 32.4. The number of carboxylic acid groups (broad SMARTS) is 1. The minimum Gasteiger partial charge on any atom is -0.479 e. The molecule has 0 saturated carbocycles. The molecule has 0 spiro atoms. The van der Waals surface area contributed by atoms with Crippen LogP contribution in [-0.2, 0) is 10.4 Å². The first-order valence-electron chi connectivity index (χ1n) is 7.86. The molecule has 5 nitrogen and oxygen atoms in total. The van der Waals surface area contributed by atoms with E-state index in [2.05, 4.69) is 11.9 Å². The van der Waals surface area contributed by atoms with E-state index in [9.17, 15) is 20.1 Å². The summed E-state index contributed by atoms with van der Waals surface area (Å²) in [6.45, 7) is 0. The third-order valence-electron chi connectivity index (χ3n) is 5.55. The molecule has 0 amide bonds. The molecule has 2 aliphatic rings. The minimum atomic E-state index is -2.25. The number of rotatable bonds is 4. The number of hydrogen-bond acceptors (Lipinski definition) is 4. The van der Waals surface area contributed by atoms with Gasteiger partial charge in [-0.2, -0.15) is 0 Å². The number of fused-ring (bicyclic) bond motifs is 2. The van der Waals surface area contributed by atoms with Crippen molar-refractivity contribution in [3.63, 3.8) is 0 Å². The summed E-state index contributed by atoms with van der Waals surface area (Å²) >= 11 is 0. The van der Waals surface area contributed by atoms with Gasteiger partial charge >= 0.3 is 5.97 Å². The van der Waals surface area contributed by atoms with Gasteiger partial charge in [0, 0.05) is 12.1 Å². The van der Waals surface area contributed by atoms with Crippen LogP contribution in [0.4, 0.5) is 0 Å². The van der Waals surface area contributed by atoms with Gasteiger partial charge < -0.3 is 20.2 Å². The zero-order valence-electron chi connectivity index (χ0n) is 12.7. The van der Waals surface area contributed by atoms with Crippen molar-refractivity contribution in [1.82, 2.24) is 4.90 Å². The van der Waals surface area contributed by atoms with Crippen molar-refractivity contribution in [3.05, 3.63) is 35.9 Å². The predicted octanol–water partition coefficient (Wildman–Crippen LogP) is 1.19. The Kier molecular flexibility index (Phi) is 3.97. The molecular formula is C17H23NO4. The number of nitrogens with zero attached hydrogens (tertiary/aromatic N) is 1. The lowest BCUT2D eigenvalue weighted by molar-refractivity contribution is -0.181. The van der Waals surface area contributed by atoms with E-state index in [-0.39, 0.29) is 11.5 Å². The van der Waals surface area contributed by atoms with Crippen LogP contribution in [-0.4, -0.2) is 51.4 Å². The monoisotopic (exact) mass is 305 g/mol. The Morgan fingerprint density at radius 2 is 1.77 bits per heavy atom. The zero-order chi connectivity index (χ0) is 15.9. The first kappa shape index (κ1) is 15.5. The summed E-state index contributed by atoms with van der Waals surface area (Å²) in [4.78, 5) is 14.1. The summed E-state index contributed by atoms with van der Waals surface area (Å²) in [5.41, 5.74) is -2.01. The molecule has 3 rings (SSSR count). The molecule has 2 bridgehead atoms. The molecule has 2 heterocycles. The molecule has 3 N–H and O–H groups in total. The van der Waals surface area contributed by atoms with E-state index >= 15 is 0 Å². The molecule has 120 valence electrons. The van der Waals surface area contributed by atoms with E-state index in [0.717, 1.165) is 25.7 Å². The lowest BCUT2D eigenvalue weighted by atomic mass is 9.76. The Morgan fingerprint density at radius 1 is 1.23 bits per heavy atom. The zero-order valence-corrected chi connectivity index (χ0v) is 12.7. The van der Waals surface area contributed by atoms with Crippen molar-refractivity contribution >= 4 is 5.97 Å². The standard InChI is InChI=1S/C17H23NO4/c1-18-13-7-8-14(18)10-11(9-13)15(19)17(22,16(20)21)12-5-3-2-4-6-12/h2-6,11,13-15,19,22H,7-10H2,1H3,(H,20,21)/t11?,13-,14+,15?,17?.